The monoisotopic (exact) mass is 493 g/mol. The van der Waals surface area contributed by atoms with Crippen LogP contribution in [0, 0.1) is 5.82 Å². The fraction of sp³-hybridized carbons (Fsp3) is 0.333. The van der Waals surface area contributed by atoms with Gasteiger partial charge in [-0.25, -0.2) is 19.8 Å². The largest absolute Gasteiger partial charge is 0.378 e. The Bertz CT molecular complexity index is 1180. The summed E-state index contributed by atoms with van der Waals surface area (Å²) >= 11 is 0. The maximum absolute atomic E-state index is 14.2. The van der Waals surface area contributed by atoms with E-state index in [1.165, 1.54) is 6.42 Å². The smallest absolute Gasteiger partial charge is 0.288 e. The summed E-state index contributed by atoms with van der Waals surface area (Å²) in [5.74, 6) is -0.761. The summed E-state index contributed by atoms with van der Waals surface area (Å²) in [7, 11) is 0. The van der Waals surface area contributed by atoms with Crippen molar-refractivity contribution in [3.05, 3.63) is 60.3 Å². The number of nitrogens with one attached hydrogen (secondary N) is 4. The molecule has 4 N–H and O–H groups in total. The van der Waals surface area contributed by atoms with Crippen molar-refractivity contribution in [3.63, 3.8) is 0 Å². The molecule has 2 aromatic heterocycles. The first-order valence-electron chi connectivity index (χ1n) is 11.9. The molecule has 1 amide bonds. The van der Waals surface area contributed by atoms with Crippen molar-refractivity contribution in [3.8, 4) is 0 Å². The van der Waals surface area contributed by atoms with E-state index in [0.29, 0.717) is 26.3 Å². The minimum atomic E-state index is -0.531. The fourth-order valence-electron chi connectivity index (χ4n) is 4.02. The van der Waals surface area contributed by atoms with E-state index >= 15 is 0 Å². The molecule has 0 radical (unpaired) electrons. The normalized spacial score (nSPS) is 15.9. The quantitative estimate of drug-likeness (QED) is 0.366. The number of carbonyl (C=O) groups is 1. The number of morpholine rings is 1. The highest BCUT2D eigenvalue weighted by Gasteiger charge is 2.18. The molecular formula is C24H28FN9O2. The maximum Gasteiger partial charge on any atom is 0.288 e. The van der Waals surface area contributed by atoms with Crippen LogP contribution in [0.4, 0.5) is 33.2 Å². The average Bonchev–Trinajstić information content (AvgIpc) is 2.94. The first-order valence-corrected chi connectivity index (χ1v) is 11.9. The van der Waals surface area contributed by atoms with Gasteiger partial charge in [-0.2, -0.15) is 4.98 Å². The van der Waals surface area contributed by atoms with Gasteiger partial charge in [0.2, 0.25) is 5.95 Å². The number of ether oxygens (including phenoxy) is 1. The number of hydrogen-bond donors (Lipinski definition) is 4. The number of anilines is 5. The summed E-state index contributed by atoms with van der Waals surface area (Å²) < 4.78 is 19.5. The van der Waals surface area contributed by atoms with Crippen LogP contribution in [0.15, 0.2) is 48.8 Å². The number of hydrogen-bond acceptors (Lipinski definition) is 10. The van der Waals surface area contributed by atoms with E-state index in [2.05, 4.69) is 53.7 Å². The van der Waals surface area contributed by atoms with Crippen LogP contribution in [0.2, 0.25) is 0 Å². The Morgan fingerprint density at radius 3 is 2.69 bits per heavy atom. The Labute approximate surface area is 208 Å². The van der Waals surface area contributed by atoms with Crippen molar-refractivity contribution in [1.82, 2.24) is 25.8 Å². The second kappa shape index (κ2) is 11.1. The average molecular weight is 494 g/mol. The van der Waals surface area contributed by atoms with Gasteiger partial charge in [0.25, 0.3) is 5.91 Å². The molecule has 0 unspecified atom stereocenters. The molecule has 0 bridgehead atoms. The van der Waals surface area contributed by atoms with Crippen molar-refractivity contribution in [2.45, 2.75) is 12.8 Å². The van der Waals surface area contributed by atoms with Gasteiger partial charge in [-0.05, 0) is 43.2 Å². The van der Waals surface area contributed by atoms with Gasteiger partial charge >= 0.3 is 0 Å². The molecule has 36 heavy (non-hydrogen) atoms. The number of pyridine rings is 1. The summed E-state index contributed by atoms with van der Waals surface area (Å²) in [6, 6.07) is 11.5. The van der Waals surface area contributed by atoms with Gasteiger partial charge in [-0.1, -0.05) is 6.07 Å². The van der Waals surface area contributed by atoms with Crippen LogP contribution in [0.25, 0.3) is 0 Å². The summed E-state index contributed by atoms with van der Waals surface area (Å²) in [5.41, 5.74) is 11.5. The molecule has 2 saturated heterocycles. The Kier molecular flexibility index (Phi) is 7.33. The van der Waals surface area contributed by atoms with Crippen LogP contribution in [0.5, 0.6) is 0 Å². The number of hydrazine groups is 2. The molecule has 1 aromatic carbocycles. The van der Waals surface area contributed by atoms with Crippen molar-refractivity contribution in [1.29, 1.82) is 0 Å². The van der Waals surface area contributed by atoms with E-state index < -0.39 is 11.7 Å². The van der Waals surface area contributed by atoms with Crippen molar-refractivity contribution >= 4 is 34.7 Å². The zero-order valence-electron chi connectivity index (χ0n) is 19.7. The summed E-state index contributed by atoms with van der Waals surface area (Å²) in [5, 5.41) is 5.47. The topological polar surface area (TPSA) is 120 Å². The molecule has 0 saturated carbocycles. The summed E-state index contributed by atoms with van der Waals surface area (Å²) in [6.07, 6.45) is 5.00. The van der Waals surface area contributed by atoms with E-state index in [9.17, 15) is 9.18 Å². The number of benzene rings is 1. The van der Waals surface area contributed by atoms with Gasteiger partial charge < -0.3 is 20.0 Å². The standard InChI is InChI=1S/C24H28FN9O2/c25-20-16-27-24(30-22(20)33-10-12-36-13-11-33)32-31-23(35)21-7-6-18(15-26-21)29-17-4-3-5-19(14-17)34-9-2-1-8-28-34/h3-7,14-16,28-29H,1-2,8-13H2,(H,31,35)(H,27,30,32). The predicted molar refractivity (Wildman–Crippen MR) is 135 cm³/mol. The molecule has 4 heterocycles. The number of nitrogens with zero attached hydrogens (tertiary/aromatic N) is 5. The van der Waals surface area contributed by atoms with Crippen molar-refractivity contribution in [2.75, 3.05) is 60.0 Å². The van der Waals surface area contributed by atoms with Gasteiger partial charge in [0, 0.05) is 31.9 Å². The number of rotatable bonds is 7. The lowest BCUT2D eigenvalue weighted by Crippen LogP contribution is -2.43. The molecule has 11 nitrogen and oxygen atoms in total. The molecule has 2 aliphatic heterocycles. The van der Waals surface area contributed by atoms with Gasteiger partial charge in [0.1, 0.15) is 5.69 Å². The number of carbonyl (C=O) groups excluding carboxylic acids is 1. The first kappa shape index (κ1) is 23.7. The van der Waals surface area contributed by atoms with Gasteiger partial charge in [0.05, 0.1) is 37.0 Å². The maximum atomic E-state index is 14.2. The van der Waals surface area contributed by atoms with E-state index in [4.69, 9.17) is 4.74 Å². The van der Waals surface area contributed by atoms with Crippen LogP contribution in [-0.2, 0) is 4.74 Å². The van der Waals surface area contributed by atoms with Crippen LogP contribution in [0.3, 0.4) is 0 Å². The van der Waals surface area contributed by atoms with E-state index in [-0.39, 0.29) is 17.5 Å². The fourth-order valence-corrected chi connectivity index (χ4v) is 4.02. The third-order valence-electron chi connectivity index (χ3n) is 5.88. The van der Waals surface area contributed by atoms with Crippen LogP contribution in [0.1, 0.15) is 23.3 Å². The number of halogens is 1. The minimum absolute atomic E-state index is 0.0765. The molecule has 0 atom stereocenters. The zero-order valence-corrected chi connectivity index (χ0v) is 19.7. The van der Waals surface area contributed by atoms with Crippen LogP contribution >= 0.6 is 0 Å². The van der Waals surface area contributed by atoms with Crippen LogP contribution in [-0.4, -0.2) is 60.3 Å². The van der Waals surface area contributed by atoms with E-state index in [1.54, 1.807) is 23.2 Å². The van der Waals surface area contributed by atoms with Crippen molar-refractivity contribution in [2.24, 2.45) is 0 Å². The Balaban J connectivity index is 1.17. The molecule has 2 aliphatic rings. The van der Waals surface area contributed by atoms with Crippen LogP contribution < -0.4 is 31.5 Å². The predicted octanol–water partition coefficient (Wildman–Crippen LogP) is 2.45. The lowest BCUT2D eigenvalue weighted by molar-refractivity contribution is 0.0957. The highest BCUT2D eigenvalue weighted by atomic mass is 19.1. The number of aromatic nitrogens is 3. The summed E-state index contributed by atoms with van der Waals surface area (Å²) in [6.45, 7) is 4.01. The molecule has 188 valence electrons. The molecule has 0 spiro atoms. The van der Waals surface area contributed by atoms with Gasteiger partial charge in [-0.15, -0.1) is 0 Å². The van der Waals surface area contributed by atoms with Crippen molar-refractivity contribution < 1.29 is 13.9 Å². The SMILES string of the molecule is O=C(NNc1ncc(F)c(N2CCOCC2)n1)c1ccc(Nc2cccc(N3CCCCN3)c2)cn1. The summed E-state index contributed by atoms with van der Waals surface area (Å²) in [4.78, 5) is 26.6. The Hall–Kier alpha value is -4.03. The third kappa shape index (κ3) is 5.78. The molecule has 5 rings (SSSR count). The van der Waals surface area contributed by atoms with Gasteiger partial charge in [-0.3, -0.25) is 15.6 Å². The molecular weight excluding hydrogens is 465 g/mol. The minimum Gasteiger partial charge on any atom is -0.378 e. The molecule has 3 aromatic rings. The zero-order chi connectivity index (χ0) is 24.7. The Morgan fingerprint density at radius 2 is 1.92 bits per heavy atom. The third-order valence-corrected chi connectivity index (χ3v) is 5.88. The lowest BCUT2D eigenvalue weighted by Gasteiger charge is -2.30. The molecule has 12 heteroatoms. The molecule has 0 aliphatic carbocycles. The van der Waals surface area contributed by atoms with Gasteiger partial charge in [0.15, 0.2) is 11.6 Å². The van der Waals surface area contributed by atoms with E-state index in [0.717, 1.165) is 42.8 Å². The second-order valence-electron chi connectivity index (χ2n) is 8.42. The Morgan fingerprint density at radius 1 is 1.03 bits per heavy atom. The second-order valence-corrected chi connectivity index (χ2v) is 8.42. The number of amides is 1. The first-order chi connectivity index (χ1) is 17.7. The lowest BCUT2D eigenvalue weighted by atomic mass is 10.2. The highest BCUT2D eigenvalue weighted by Crippen LogP contribution is 2.23. The molecule has 2 fully saturated rings. The highest BCUT2D eigenvalue weighted by molar-refractivity contribution is 5.93. The van der Waals surface area contributed by atoms with E-state index in [1.807, 2.05) is 12.1 Å².